The van der Waals surface area contributed by atoms with Crippen molar-refractivity contribution >= 4 is 11.8 Å². The SMILES string of the molecule is CC1OC2(CCCSC2)NCC1(C)C. The molecule has 2 atom stereocenters. The van der Waals surface area contributed by atoms with E-state index in [1.165, 1.54) is 18.6 Å². The molecule has 14 heavy (non-hydrogen) atoms. The minimum Gasteiger partial charge on any atom is -0.356 e. The second-order valence-corrected chi connectivity index (χ2v) is 6.36. The Morgan fingerprint density at radius 3 is 2.79 bits per heavy atom. The van der Waals surface area contributed by atoms with Gasteiger partial charge in [-0.05, 0) is 25.5 Å². The zero-order valence-corrected chi connectivity index (χ0v) is 10.2. The van der Waals surface area contributed by atoms with Gasteiger partial charge in [0.2, 0.25) is 0 Å². The fourth-order valence-corrected chi connectivity index (χ4v) is 3.21. The predicted octanol–water partition coefficient (Wildman–Crippen LogP) is 2.24. The van der Waals surface area contributed by atoms with E-state index in [2.05, 4.69) is 26.1 Å². The third-order valence-corrected chi connectivity index (χ3v) is 4.82. The van der Waals surface area contributed by atoms with Crippen LogP contribution < -0.4 is 5.32 Å². The second-order valence-electron chi connectivity index (χ2n) is 5.25. The third-order valence-electron chi connectivity index (χ3n) is 3.57. The molecule has 2 saturated heterocycles. The smallest absolute Gasteiger partial charge is 0.128 e. The molecule has 2 aliphatic rings. The molecule has 82 valence electrons. The average Bonchev–Trinajstić information content (AvgIpc) is 2.15. The fourth-order valence-electron chi connectivity index (χ4n) is 2.07. The van der Waals surface area contributed by atoms with Crippen molar-refractivity contribution in [2.45, 2.75) is 45.4 Å². The quantitative estimate of drug-likeness (QED) is 0.669. The molecule has 0 aromatic rings. The largest absolute Gasteiger partial charge is 0.356 e. The summed E-state index contributed by atoms with van der Waals surface area (Å²) in [4.78, 5) is 0. The fraction of sp³-hybridized carbons (Fsp3) is 1.00. The van der Waals surface area contributed by atoms with Gasteiger partial charge in [0.15, 0.2) is 0 Å². The number of thioether (sulfide) groups is 1. The third kappa shape index (κ3) is 1.95. The van der Waals surface area contributed by atoms with Crippen LogP contribution in [0.1, 0.15) is 33.6 Å². The molecule has 3 heteroatoms. The van der Waals surface area contributed by atoms with Crippen molar-refractivity contribution in [3.63, 3.8) is 0 Å². The topological polar surface area (TPSA) is 21.3 Å². The Hall–Kier alpha value is 0.270. The van der Waals surface area contributed by atoms with E-state index >= 15 is 0 Å². The van der Waals surface area contributed by atoms with Gasteiger partial charge in [0, 0.05) is 17.7 Å². The summed E-state index contributed by atoms with van der Waals surface area (Å²) in [6, 6.07) is 0. The van der Waals surface area contributed by atoms with Crippen molar-refractivity contribution in [2.24, 2.45) is 5.41 Å². The molecule has 0 saturated carbocycles. The molecule has 2 heterocycles. The minimum absolute atomic E-state index is 0.00213. The summed E-state index contributed by atoms with van der Waals surface area (Å²) in [6.45, 7) is 7.83. The van der Waals surface area contributed by atoms with Crippen LogP contribution in [0.25, 0.3) is 0 Å². The Labute approximate surface area is 91.2 Å². The summed E-state index contributed by atoms with van der Waals surface area (Å²) >= 11 is 2.01. The van der Waals surface area contributed by atoms with Crippen LogP contribution in [0.5, 0.6) is 0 Å². The van der Waals surface area contributed by atoms with E-state index in [-0.39, 0.29) is 11.1 Å². The first kappa shape index (κ1) is 10.8. The monoisotopic (exact) mass is 215 g/mol. The highest BCUT2D eigenvalue weighted by atomic mass is 32.2. The molecule has 2 nitrogen and oxygen atoms in total. The van der Waals surface area contributed by atoms with Crippen LogP contribution >= 0.6 is 11.8 Å². The maximum absolute atomic E-state index is 6.20. The van der Waals surface area contributed by atoms with E-state index in [1.54, 1.807) is 0 Å². The zero-order chi connectivity index (χ0) is 10.2. The Morgan fingerprint density at radius 1 is 1.43 bits per heavy atom. The molecular weight excluding hydrogens is 194 g/mol. The first-order valence-corrected chi connectivity index (χ1v) is 6.70. The van der Waals surface area contributed by atoms with E-state index in [9.17, 15) is 0 Å². The Morgan fingerprint density at radius 2 is 2.21 bits per heavy atom. The lowest BCUT2D eigenvalue weighted by Crippen LogP contribution is -2.62. The van der Waals surface area contributed by atoms with Crippen LogP contribution in [-0.4, -0.2) is 29.9 Å². The maximum atomic E-state index is 6.20. The summed E-state index contributed by atoms with van der Waals surface area (Å²) in [6.07, 6.45) is 2.83. The van der Waals surface area contributed by atoms with Gasteiger partial charge in [-0.3, -0.25) is 5.32 Å². The van der Waals surface area contributed by atoms with Gasteiger partial charge in [-0.15, -0.1) is 0 Å². The Bertz CT molecular complexity index is 211. The summed E-state index contributed by atoms with van der Waals surface area (Å²) < 4.78 is 6.20. The van der Waals surface area contributed by atoms with E-state index in [0.29, 0.717) is 6.10 Å². The van der Waals surface area contributed by atoms with Gasteiger partial charge in [-0.1, -0.05) is 13.8 Å². The minimum atomic E-state index is -0.00213. The van der Waals surface area contributed by atoms with Gasteiger partial charge in [-0.2, -0.15) is 11.8 Å². The van der Waals surface area contributed by atoms with E-state index in [0.717, 1.165) is 12.3 Å². The van der Waals surface area contributed by atoms with Crippen LogP contribution in [0.3, 0.4) is 0 Å². The number of hydrogen-bond donors (Lipinski definition) is 1. The van der Waals surface area contributed by atoms with Crippen LogP contribution in [0.15, 0.2) is 0 Å². The molecule has 2 rings (SSSR count). The lowest BCUT2D eigenvalue weighted by molar-refractivity contribution is -0.174. The molecule has 0 amide bonds. The van der Waals surface area contributed by atoms with Crippen molar-refractivity contribution in [3.05, 3.63) is 0 Å². The van der Waals surface area contributed by atoms with Crippen molar-refractivity contribution in [1.29, 1.82) is 0 Å². The number of hydrogen-bond acceptors (Lipinski definition) is 3. The highest BCUT2D eigenvalue weighted by molar-refractivity contribution is 7.99. The van der Waals surface area contributed by atoms with Gasteiger partial charge in [0.25, 0.3) is 0 Å². The van der Waals surface area contributed by atoms with Crippen molar-refractivity contribution in [3.8, 4) is 0 Å². The molecule has 1 spiro atoms. The lowest BCUT2D eigenvalue weighted by atomic mass is 9.84. The predicted molar refractivity (Wildman–Crippen MR) is 61.6 cm³/mol. The van der Waals surface area contributed by atoms with Gasteiger partial charge in [0.1, 0.15) is 5.72 Å². The molecule has 0 aliphatic carbocycles. The first-order valence-electron chi connectivity index (χ1n) is 5.55. The molecule has 0 bridgehead atoms. The summed E-state index contributed by atoms with van der Waals surface area (Å²) in [5.41, 5.74) is 0.269. The molecule has 1 N–H and O–H groups in total. The van der Waals surface area contributed by atoms with Crippen molar-refractivity contribution in [1.82, 2.24) is 5.32 Å². The van der Waals surface area contributed by atoms with Gasteiger partial charge in [0.05, 0.1) is 6.10 Å². The highest BCUT2D eigenvalue weighted by Gasteiger charge is 2.43. The zero-order valence-electron chi connectivity index (χ0n) is 9.43. The van der Waals surface area contributed by atoms with E-state index < -0.39 is 0 Å². The average molecular weight is 215 g/mol. The van der Waals surface area contributed by atoms with Gasteiger partial charge >= 0.3 is 0 Å². The summed E-state index contributed by atoms with van der Waals surface area (Å²) in [5, 5.41) is 3.61. The molecule has 0 aromatic heterocycles. The van der Waals surface area contributed by atoms with Gasteiger partial charge in [-0.25, -0.2) is 0 Å². The second kappa shape index (κ2) is 3.69. The van der Waals surface area contributed by atoms with Crippen LogP contribution in [0.4, 0.5) is 0 Å². The van der Waals surface area contributed by atoms with E-state index in [1.807, 2.05) is 11.8 Å². The molecule has 2 unspecified atom stereocenters. The number of nitrogens with one attached hydrogen (secondary N) is 1. The van der Waals surface area contributed by atoms with Gasteiger partial charge < -0.3 is 4.74 Å². The number of rotatable bonds is 0. The van der Waals surface area contributed by atoms with Crippen LogP contribution in [0, 0.1) is 5.41 Å². The standard InChI is InChI=1S/C11H21NOS/c1-9-10(2,3)7-12-11(13-9)5-4-6-14-8-11/h9,12H,4-8H2,1-3H3. The molecule has 2 fully saturated rings. The Balaban J connectivity index is 2.03. The Kier molecular flexibility index (Phi) is 2.84. The number of ether oxygens (including phenoxy) is 1. The lowest BCUT2D eigenvalue weighted by Gasteiger charge is -2.50. The molecule has 0 aromatic carbocycles. The maximum Gasteiger partial charge on any atom is 0.128 e. The highest BCUT2D eigenvalue weighted by Crippen LogP contribution is 2.37. The summed E-state index contributed by atoms with van der Waals surface area (Å²) in [7, 11) is 0. The molecule has 2 aliphatic heterocycles. The van der Waals surface area contributed by atoms with Crippen molar-refractivity contribution in [2.75, 3.05) is 18.1 Å². The van der Waals surface area contributed by atoms with Crippen LogP contribution in [0.2, 0.25) is 0 Å². The van der Waals surface area contributed by atoms with E-state index in [4.69, 9.17) is 4.74 Å². The summed E-state index contributed by atoms with van der Waals surface area (Å²) in [5.74, 6) is 2.41. The molecule has 0 radical (unpaired) electrons. The first-order chi connectivity index (χ1) is 6.54. The molecular formula is C11H21NOS. The van der Waals surface area contributed by atoms with Crippen molar-refractivity contribution < 1.29 is 4.74 Å². The normalized spacial score (nSPS) is 42.6. The van der Waals surface area contributed by atoms with Crippen LogP contribution in [-0.2, 0) is 4.74 Å².